The first-order chi connectivity index (χ1) is 9.33. The van der Waals surface area contributed by atoms with Crippen molar-refractivity contribution in [1.29, 1.82) is 0 Å². The summed E-state index contributed by atoms with van der Waals surface area (Å²) in [5.74, 6) is 0.660. The molecule has 0 aromatic heterocycles. The van der Waals surface area contributed by atoms with E-state index in [0.29, 0.717) is 32.2 Å². The summed E-state index contributed by atoms with van der Waals surface area (Å²) in [6.45, 7) is 1.01. The molecule has 1 saturated carbocycles. The largest absolute Gasteiger partial charge is 0.394 e. The van der Waals surface area contributed by atoms with Gasteiger partial charge >= 0.3 is 0 Å². The Labute approximate surface area is 115 Å². The van der Waals surface area contributed by atoms with E-state index >= 15 is 0 Å². The van der Waals surface area contributed by atoms with Gasteiger partial charge in [-0.15, -0.1) is 0 Å². The highest BCUT2D eigenvalue weighted by atomic mass is 16.7. The smallest absolute Gasteiger partial charge is 0.243 e. The lowest BCUT2D eigenvalue weighted by Gasteiger charge is -2.13. The van der Waals surface area contributed by atoms with Crippen molar-refractivity contribution < 1.29 is 19.5 Å². The zero-order valence-electron chi connectivity index (χ0n) is 11.7. The normalized spacial score (nSPS) is 17.1. The van der Waals surface area contributed by atoms with Crippen molar-refractivity contribution in [2.45, 2.75) is 51.4 Å². The summed E-state index contributed by atoms with van der Waals surface area (Å²) in [7, 11) is 0. The van der Waals surface area contributed by atoms with Crippen LogP contribution in [0.4, 0.5) is 0 Å². The standard InChI is InChI=1S/C14H27NO4/c16-9-10-18-11-12-19-15-14(17)8-7-13-5-3-1-2-4-6-13/h13,16H,1-12H2,(H,15,17). The van der Waals surface area contributed by atoms with Gasteiger partial charge in [0.15, 0.2) is 0 Å². The lowest BCUT2D eigenvalue weighted by molar-refractivity contribution is -0.135. The molecule has 0 atom stereocenters. The van der Waals surface area contributed by atoms with Gasteiger partial charge in [-0.2, -0.15) is 0 Å². The van der Waals surface area contributed by atoms with Gasteiger partial charge < -0.3 is 9.84 Å². The average Bonchev–Trinajstić information content (AvgIpc) is 2.69. The van der Waals surface area contributed by atoms with Crippen LogP contribution < -0.4 is 5.48 Å². The van der Waals surface area contributed by atoms with Crippen LogP contribution >= 0.6 is 0 Å². The van der Waals surface area contributed by atoms with E-state index in [1.54, 1.807) is 0 Å². The molecule has 0 radical (unpaired) electrons. The molecular formula is C14H27NO4. The van der Waals surface area contributed by atoms with E-state index in [2.05, 4.69) is 5.48 Å². The zero-order chi connectivity index (χ0) is 13.8. The monoisotopic (exact) mass is 273 g/mol. The Balaban J connectivity index is 1.95. The van der Waals surface area contributed by atoms with Gasteiger partial charge in [0.1, 0.15) is 0 Å². The van der Waals surface area contributed by atoms with Gasteiger partial charge in [0.2, 0.25) is 5.91 Å². The molecular weight excluding hydrogens is 246 g/mol. The molecule has 1 amide bonds. The lowest BCUT2D eigenvalue weighted by atomic mass is 9.95. The number of aliphatic hydroxyl groups excluding tert-OH is 1. The molecule has 0 aliphatic heterocycles. The first-order valence-electron chi connectivity index (χ1n) is 7.42. The number of aliphatic hydroxyl groups is 1. The van der Waals surface area contributed by atoms with Crippen LogP contribution in [0.1, 0.15) is 51.4 Å². The van der Waals surface area contributed by atoms with Crippen LogP contribution in [0.5, 0.6) is 0 Å². The van der Waals surface area contributed by atoms with Crippen molar-refractivity contribution >= 4 is 5.91 Å². The third kappa shape index (κ3) is 8.97. The summed E-state index contributed by atoms with van der Waals surface area (Å²) in [4.78, 5) is 16.5. The van der Waals surface area contributed by atoms with Crippen LogP contribution in [0, 0.1) is 5.92 Å². The first-order valence-corrected chi connectivity index (χ1v) is 7.42. The van der Waals surface area contributed by atoms with Gasteiger partial charge in [-0.3, -0.25) is 9.63 Å². The van der Waals surface area contributed by atoms with E-state index in [1.807, 2.05) is 0 Å². The Morgan fingerprint density at radius 2 is 1.84 bits per heavy atom. The predicted molar refractivity (Wildman–Crippen MR) is 72.4 cm³/mol. The Morgan fingerprint density at radius 3 is 2.53 bits per heavy atom. The molecule has 0 spiro atoms. The highest BCUT2D eigenvalue weighted by Gasteiger charge is 2.13. The molecule has 5 nitrogen and oxygen atoms in total. The van der Waals surface area contributed by atoms with Crippen LogP contribution in [0.15, 0.2) is 0 Å². The van der Waals surface area contributed by atoms with Crippen LogP contribution in [-0.4, -0.2) is 37.4 Å². The number of hydrogen-bond acceptors (Lipinski definition) is 4. The number of ether oxygens (including phenoxy) is 1. The quantitative estimate of drug-likeness (QED) is 0.382. The maximum atomic E-state index is 11.5. The van der Waals surface area contributed by atoms with Gasteiger partial charge in [0, 0.05) is 6.42 Å². The number of rotatable bonds is 9. The second-order valence-electron chi connectivity index (χ2n) is 5.11. The molecule has 1 fully saturated rings. The maximum Gasteiger partial charge on any atom is 0.243 e. The SMILES string of the molecule is O=C(CCC1CCCCCC1)NOCCOCCO. The number of amides is 1. The summed E-state index contributed by atoms with van der Waals surface area (Å²) in [5, 5.41) is 8.49. The fourth-order valence-corrected chi connectivity index (χ4v) is 2.44. The van der Waals surface area contributed by atoms with Crippen LogP contribution in [-0.2, 0) is 14.4 Å². The molecule has 2 N–H and O–H groups in total. The van der Waals surface area contributed by atoms with Crippen LogP contribution in [0.2, 0.25) is 0 Å². The molecule has 112 valence electrons. The third-order valence-electron chi connectivity index (χ3n) is 3.51. The van der Waals surface area contributed by atoms with Crippen molar-refractivity contribution in [2.24, 2.45) is 5.92 Å². The van der Waals surface area contributed by atoms with E-state index in [0.717, 1.165) is 6.42 Å². The minimum Gasteiger partial charge on any atom is -0.394 e. The molecule has 0 bridgehead atoms. The van der Waals surface area contributed by atoms with E-state index < -0.39 is 0 Å². The fraction of sp³-hybridized carbons (Fsp3) is 0.929. The first kappa shape index (κ1) is 16.4. The molecule has 19 heavy (non-hydrogen) atoms. The topological polar surface area (TPSA) is 67.8 Å². The number of nitrogens with one attached hydrogen (secondary N) is 1. The summed E-state index contributed by atoms with van der Waals surface area (Å²) < 4.78 is 5.01. The Kier molecular flexibility index (Phi) is 9.67. The van der Waals surface area contributed by atoms with Gasteiger partial charge in [0.05, 0.1) is 26.4 Å². The Hall–Kier alpha value is -0.650. The van der Waals surface area contributed by atoms with Crippen molar-refractivity contribution in [1.82, 2.24) is 5.48 Å². The molecule has 0 aromatic rings. The predicted octanol–water partition coefficient (Wildman–Crippen LogP) is 1.79. The molecule has 0 aromatic carbocycles. The molecule has 0 unspecified atom stereocenters. The highest BCUT2D eigenvalue weighted by Crippen LogP contribution is 2.26. The van der Waals surface area contributed by atoms with E-state index in [-0.39, 0.29) is 12.5 Å². The summed E-state index contributed by atoms with van der Waals surface area (Å²) >= 11 is 0. The van der Waals surface area contributed by atoms with Gasteiger partial charge in [0.25, 0.3) is 0 Å². The molecule has 1 aliphatic rings. The highest BCUT2D eigenvalue weighted by molar-refractivity contribution is 5.74. The second-order valence-corrected chi connectivity index (χ2v) is 5.11. The zero-order valence-corrected chi connectivity index (χ0v) is 11.7. The van der Waals surface area contributed by atoms with Crippen molar-refractivity contribution in [3.05, 3.63) is 0 Å². The summed E-state index contributed by atoms with van der Waals surface area (Å²) in [6, 6.07) is 0. The average molecular weight is 273 g/mol. The molecule has 5 heteroatoms. The number of hydrogen-bond donors (Lipinski definition) is 2. The van der Waals surface area contributed by atoms with Crippen molar-refractivity contribution in [3.63, 3.8) is 0 Å². The van der Waals surface area contributed by atoms with E-state index in [9.17, 15) is 4.79 Å². The van der Waals surface area contributed by atoms with E-state index in [4.69, 9.17) is 14.7 Å². The molecule has 0 saturated heterocycles. The van der Waals surface area contributed by atoms with Gasteiger partial charge in [-0.05, 0) is 12.3 Å². The van der Waals surface area contributed by atoms with Crippen LogP contribution in [0.25, 0.3) is 0 Å². The minimum absolute atomic E-state index is 0.00769. The van der Waals surface area contributed by atoms with Gasteiger partial charge in [-0.25, -0.2) is 5.48 Å². The third-order valence-corrected chi connectivity index (χ3v) is 3.51. The van der Waals surface area contributed by atoms with Crippen molar-refractivity contribution in [3.8, 4) is 0 Å². The second kappa shape index (κ2) is 11.2. The maximum absolute atomic E-state index is 11.5. The summed E-state index contributed by atoms with van der Waals surface area (Å²) in [5.41, 5.74) is 2.43. The van der Waals surface area contributed by atoms with E-state index in [1.165, 1.54) is 38.5 Å². The van der Waals surface area contributed by atoms with Crippen LogP contribution in [0.3, 0.4) is 0 Å². The molecule has 1 aliphatic carbocycles. The summed E-state index contributed by atoms with van der Waals surface area (Å²) in [6.07, 6.45) is 9.36. The Bertz CT molecular complexity index is 227. The minimum atomic E-state index is -0.0496. The fourth-order valence-electron chi connectivity index (χ4n) is 2.44. The number of carbonyl (C=O) groups excluding carboxylic acids is 1. The number of carbonyl (C=O) groups is 1. The molecule has 0 heterocycles. The Morgan fingerprint density at radius 1 is 1.11 bits per heavy atom. The lowest BCUT2D eigenvalue weighted by Crippen LogP contribution is -2.26. The molecule has 1 rings (SSSR count). The van der Waals surface area contributed by atoms with Crippen molar-refractivity contribution in [2.75, 3.05) is 26.4 Å². The number of hydroxylamine groups is 1. The van der Waals surface area contributed by atoms with Gasteiger partial charge in [-0.1, -0.05) is 38.5 Å².